The smallest absolute Gasteiger partial charge is 0.347 e. The van der Waals surface area contributed by atoms with Gasteiger partial charge in [-0.05, 0) is 41.5 Å². The Morgan fingerprint density at radius 3 is 2.03 bits per heavy atom. The third-order valence-electron chi connectivity index (χ3n) is 4.74. The number of anilines is 3. The Labute approximate surface area is 203 Å². The van der Waals surface area contributed by atoms with E-state index >= 15 is 0 Å². The predicted molar refractivity (Wildman–Crippen MR) is 125 cm³/mol. The highest BCUT2D eigenvalue weighted by Gasteiger charge is 2.37. The van der Waals surface area contributed by atoms with Gasteiger partial charge in [0.1, 0.15) is 11.4 Å². The molecule has 1 aromatic carbocycles. The van der Waals surface area contributed by atoms with Crippen LogP contribution in [0, 0.1) is 0 Å². The van der Waals surface area contributed by atoms with E-state index in [4.69, 9.17) is 23.2 Å². The standard InChI is InChI=1S/C23H17Cl2F3N6/c24-19-6-5-17(9-20(19)25)32-22-31-12-18(23(26,27)28)21(33-22)34(13-15-3-1-7-29-10-15)14-16-4-2-8-30-11-16/h1-12H,13-14H2,(H,31,32,33). The van der Waals surface area contributed by atoms with Gasteiger partial charge in [0, 0.05) is 49.8 Å². The number of hydrogen-bond acceptors (Lipinski definition) is 6. The molecule has 3 heterocycles. The first-order valence-electron chi connectivity index (χ1n) is 9.98. The van der Waals surface area contributed by atoms with E-state index < -0.39 is 11.7 Å². The Morgan fingerprint density at radius 1 is 0.853 bits per heavy atom. The van der Waals surface area contributed by atoms with Crippen LogP contribution in [-0.4, -0.2) is 19.9 Å². The Bertz CT molecular complexity index is 1220. The monoisotopic (exact) mass is 504 g/mol. The third kappa shape index (κ3) is 5.92. The zero-order valence-electron chi connectivity index (χ0n) is 17.5. The van der Waals surface area contributed by atoms with Crippen LogP contribution in [0.4, 0.5) is 30.6 Å². The number of nitrogens with zero attached hydrogens (tertiary/aromatic N) is 5. The highest BCUT2D eigenvalue weighted by Crippen LogP contribution is 2.37. The molecule has 0 amide bonds. The van der Waals surface area contributed by atoms with Crippen molar-refractivity contribution in [3.8, 4) is 0 Å². The van der Waals surface area contributed by atoms with E-state index in [1.54, 1.807) is 61.2 Å². The molecular weight excluding hydrogens is 488 g/mol. The molecule has 174 valence electrons. The normalized spacial score (nSPS) is 11.3. The Balaban J connectivity index is 1.76. The number of alkyl halides is 3. The van der Waals surface area contributed by atoms with Crippen molar-refractivity contribution in [3.05, 3.63) is 100 Å². The van der Waals surface area contributed by atoms with Gasteiger partial charge in [0.25, 0.3) is 0 Å². The quantitative estimate of drug-likeness (QED) is 0.308. The maximum absolute atomic E-state index is 14.0. The highest BCUT2D eigenvalue weighted by molar-refractivity contribution is 6.42. The molecule has 3 aromatic heterocycles. The van der Waals surface area contributed by atoms with Crippen molar-refractivity contribution in [3.63, 3.8) is 0 Å². The Kier molecular flexibility index (Phi) is 7.14. The second kappa shape index (κ2) is 10.2. The van der Waals surface area contributed by atoms with Crippen molar-refractivity contribution in [2.45, 2.75) is 19.3 Å². The van der Waals surface area contributed by atoms with Crippen LogP contribution in [0.25, 0.3) is 0 Å². The number of halogens is 5. The lowest BCUT2D eigenvalue weighted by Crippen LogP contribution is -2.27. The summed E-state index contributed by atoms with van der Waals surface area (Å²) in [5.74, 6) is -0.304. The van der Waals surface area contributed by atoms with E-state index in [0.29, 0.717) is 10.7 Å². The third-order valence-corrected chi connectivity index (χ3v) is 5.48. The largest absolute Gasteiger partial charge is 0.421 e. The molecule has 4 aromatic rings. The van der Waals surface area contributed by atoms with E-state index in [2.05, 4.69) is 25.3 Å². The number of nitrogens with one attached hydrogen (secondary N) is 1. The van der Waals surface area contributed by atoms with E-state index in [1.165, 1.54) is 11.0 Å². The molecule has 0 aliphatic carbocycles. The topological polar surface area (TPSA) is 66.8 Å². The highest BCUT2D eigenvalue weighted by atomic mass is 35.5. The van der Waals surface area contributed by atoms with E-state index in [0.717, 1.165) is 17.3 Å². The molecule has 11 heteroatoms. The zero-order chi connectivity index (χ0) is 24.1. The number of rotatable bonds is 7. The fourth-order valence-electron chi connectivity index (χ4n) is 3.21. The van der Waals surface area contributed by atoms with Crippen molar-refractivity contribution in [1.82, 2.24) is 19.9 Å². The molecule has 0 spiro atoms. The molecule has 4 rings (SSSR count). The van der Waals surface area contributed by atoms with E-state index in [1.807, 2.05) is 0 Å². The molecule has 0 unspecified atom stereocenters. The molecule has 0 aliphatic heterocycles. The lowest BCUT2D eigenvalue weighted by atomic mass is 10.2. The molecule has 0 aliphatic rings. The lowest BCUT2D eigenvalue weighted by molar-refractivity contribution is -0.137. The first-order chi connectivity index (χ1) is 16.3. The SMILES string of the molecule is FC(F)(F)c1cnc(Nc2ccc(Cl)c(Cl)c2)nc1N(Cc1cccnc1)Cc1cccnc1. The van der Waals surface area contributed by atoms with Gasteiger partial charge >= 0.3 is 6.18 Å². The Hall–Kier alpha value is -3.43. The van der Waals surface area contributed by atoms with Gasteiger partial charge < -0.3 is 10.2 Å². The van der Waals surface area contributed by atoms with Gasteiger partial charge in [-0.2, -0.15) is 18.2 Å². The summed E-state index contributed by atoms with van der Waals surface area (Å²) in [6, 6.07) is 11.7. The van der Waals surface area contributed by atoms with Crippen LogP contribution in [-0.2, 0) is 19.3 Å². The van der Waals surface area contributed by atoms with Crippen LogP contribution in [0.15, 0.2) is 73.4 Å². The number of aromatic nitrogens is 4. The maximum atomic E-state index is 14.0. The maximum Gasteiger partial charge on any atom is 0.421 e. The summed E-state index contributed by atoms with van der Waals surface area (Å²) < 4.78 is 41.9. The van der Waals surface area contributed by atoms with Crippen LogP contribution in [0.5, 0.6) is 0 Å². The molecule has 0 bridgehead atoms. The molecule has 34 heavy (non-hydrogen) atoms. The minimum Gasteiger partial charge on any atom is -0.347 e. The molecule has 6 nitrogen and oxygen atoms in total. The molecule has 0 saturated carbocycles. The first-order valence-corrected chi connectivity index (χ1v) is 10.7. The van der Waals surface area contributed by atoms with Gasteiger partial charge in [-0.3, -0.25) is 9.97 Å². The van der Waals surface area contributed by atoms with Crippen molar-refractivity contribution in [2.75, 3.05) is 10.2 Å². The van der Waals surface area contributed by atoms with Crippen LogP contribution >= 0.6 is 23.2 Å². The average Bonchev–Trinajstić information content (AvgIpc) is 2.82. The van der Waals surface area contributed by atoms with Crippen LogP contribution in [0.3, 0.4) is 0 Å². The summed E-state index contributed by atoms with van der Waals surface area (Å²) >= 11 is 12.0. The van der Waals surface area contributed by atoms with Crippen molar-refractivity contribution in [1.29, 1.82) is 0 Å². The van der Waals surface area contributed by atoms with Crippen molar-refractivity contribution < 1.29 is 13.2 Å². The van der Waals surface area contributed by atoms with Crippen LogP contribution in [0.2, 0.25) is 10.0 Å². The Morgan fingerprint density at radius 2 is 1.50 bits per heavy atom. The summed E-state index contributed by atoms with van der Waals surface area (Å²) in [5, 5.41) is 3.52. The zero-order valence-corrected chi connectivity index (χ0v) is 19.0. The van der Waals surface area contributed by atoms with Gasteiger partial charge in [0.15, 0.2) is 0 Å². The van der Waals surface area contributed by atoms with Gasteiger partial charge in [0.2, 0.25) is 5.95 Å². The predicted octanol–water partition coefficient (Wildman–Crippen LogP) is 6.54. The summed E-state index contributed by atoms with van der Waals surface area (Å²) in [6.45, 7) is 0.268. The number of pyridine rings is 2. The van der Waals surface area contributed by atoms with Gasteiger partial charge in [-0.25, -0.2) is 4.98 Å². The second-order valence-corrected chi connectivity index (χ2v) is 8.08. The number of hydrogen-bond donors (Lipinski definition) is 1. The van der Waals surface area contributed by atoms with Crippen LogP contribution < -0.4 is 10.2 Å². The lowest BCUT2D eigenvalue weighted by Gasteiger charge is -2.27. The minimum absolute atomic E-state index is 0.0243. The van der Waals surface area contributed by atoms with Crippen molar-refractivity contribution >= 4 is 40.7 Å². The summed E-state index contributed by atoms with van der Waals surface area (Å²) in [4.78, 5) is 17.8. The number of benzene rings is 1. The average molecular weight is 505 g/mol. The fraction of sp³-hybridized carbons (Fsp3) is 0.130. The van der Waals surface area contributed by atoms with Gasteiger partial charge in [-0.1, -0.05) is 35.3 Å². The molecule has 1 N–H and O–H groups in total. The van der Waals surface area contributed by atoms with E-state index in [9.17, 15) is 13.2 Å². The molecular formula is C23H17Cl2F3N6. The van der Waals surface area contributed by atoms with Crippen LogP contribution in [0.1, 0.15) is 16.7 Å². The molecule has 0 radical (unpaired) electrons. The first kappa shape index (κ1) is 23.7. The summed E-state index contributed by atoms with van der Waals surface area (Å²) in [7, 11) is 0. The second-order valence-electron chi connectivity index (χ2n) is 7.26. The van der Waals surface area contributed by atoms with Gasteiger partial charge in [-0.15, -0.1) is 0 Å². The fourth-order valence-corrected chi connectivity index (χ4v) is 3.50. The molecule has 0 saturated heterocycles. The summed E-state index contributed by atoms with van der Waals surface area (Å²) in [6.07, 6.45) is 2.49. The summed E-state index contributed by atoms with van der Waals surface area (Å²) in [5.41, 5.74) is 0.959. The van der Waals surface area contributed by atoms with Gasteiger partial charge in [0.05, 0.1) is 10.0 Å². The van der Waals surface area contributed by atoms with Crippen molar-refractivity contribution in [2.24, 2.45) is 0 Å². The molecule has 0 atom stereocenters. The minimum atomic E-state index is -4.67. The van der Waals surface area contributed by atoms with E-state index in [-0.39, 0.29) is 29.9 Å². The molecule has 0 fully saturated rings.